The van der Waals surface area contributed by atoms with Crippen LogP contribution in [0.25, 0.3) is 10.9 Å². The van der Waals surface area contributed by atoms with E-state index in [-0.39, 0.29) is 11.0 Å². The van der Waals surface area contributed by atoms with Gasteiger partial charge >= 0.3 is 0 Å². The van der Waals surface area contributed by atoms with E-state index in [1.807, 2.05) is 42.1 Å². The number of hydrogen-bond acceptors (Lipinski definition) is 4. The minimum Gasteiger partial charge on any atom is -0.293 e. The molecule has 4 heteroatoms. The zero-order valence-corrected chi connectivity index (χ0v) is 12.3. The van der Waals surface area contributed by atoms with E-state index < -0.39 is 0 Å². The molecule has 1 aliphatic rings. The highest BCUT2D eigenvalue weighted by Crippen LogP contribution is 2.33. The molecule has 1 saturated heterocycles. The summed E-state index contributed by atoms with van der Waals surface area (Å²) < 4.78 is 0. The normalized spacial score (nSPS) is 23.4. The molecule has 0 radical (unpaired) electrons. The molecule has 2 atom stereocenters. The number of Topliss-reactive ketones (excluding diaryl/α,β-unsaturated/α-hetero) is 1. The summed E-state index contributed by atoms with van der Waals surface area (Å²) in [5.74, 6) is 2.46. The molecular weight excluding hydrogens is 274 g/mol. The Kier molecular flexibility index (Phi) is 3.80. The van der Waals surface area contributed by atoms with Gasteiger partial charge in [-0.3, -0.25) is 9.78 Å². The number of ketones is 1. The van der Waals surface area contributed by atoms with Gasteiger partial charge in [-0.25, -0.2) is 0 Å². The second-order valence-corrected chi connectivity index (χ2v) is 7.38. The van der Waals surface area contributed by atoms with E-state index in [0.29, 0.717) is 5.25 Å². The summed E-state index contributed by atoms with van der Waals surface area (Å²) in [6.45, 7) is 2.15. The number of nitrogens with zero attached hydrogens (tertiary/aromatic N) is 1. The topological polar surface area (TPSA) is 30.0 Å². The van der Waals surface area contributed by atoms with E-state index >= 15 is 0 Å². The van der Waals surface area contributed by atoms with Gasteiger partial charge in [0, 0.05) is 33.9 Å². The van der Waals surface area contributed by atoms with Crippen molar-refractivity contribution in [3.8, 4) is 0 Å². The number of fused-ring (bicyclic) bond motifs is 1. The zero-order valence-electron chi connectivity index (χ0n) is 10.7. The van der Waals surface area contributed by atoms with Crippen LogP contribution in [0.3, 0.4) is 0 Å². The summed E-state index contributed by atoms with van der Waals surface area (Å²) >= 11 is 3.68. The van der Waals surface area contributed by atoms with Gasteiger partial charge in [-0.2, -0.15) is 11.8 Å². The van der Waals surface area contributed by atoms with Crippen molar-refractivity contribution in [2.75, 3.05) is 11.5 Å². The van der Waals surface area contributed by atoms with Crippen molar-refractivity contribution in [2.24, 2.45) is 0 Å². The van der Waals surface area contributed by atoms with Crippen molar-refractivity contribution in [3.05, 3.63) is 42.1 Å². The predicted molar refractivity (Wildman–Crippen MR) is 84.2 cm³/mol. The Morgan fingerprint density at radius 2 is 2.11 bits per heavy atom. The first-order valence-corrected chi connectivity index (χ1v) is 8.47. The van der Waals surface area contributed by atoms with Crippen molar-refractivity contribution in [2.45, 2.75) is 17.4 Å². The van der Waals surface area contributed by atoms with E-state index in [9.17, 15) is 4.79 Å². The number of hydrogen-bond donors (Lipinski definition) is 0. The van der Waals surface area contributed by atoms with Gasteiger partial charge in [0.25, 0.3) is 0 Å². The Morgan fingerprint density at radius 3 is 2.95 bits per heavy atom. The average Bonchev–Trinajstić information content (AvgIpc) is 2.46. The lowest BCUT2D eigenvalue weighted by Crippen LogP contribution is -2.31. The Bertz CT molecular complexity index is 614. The number of aromatic nitrogens is 1. The molecule has 1 aromatic carbocycles. The molecule has 1 aliphatic heterocycles. The molecule has 2 aromatic rings. The van der Waals surface area contributed by atoms with Crippen molar-refractivity contribution in [1.29, 1.82) is 0 Å². The number of rotatable bonds is 2. The summed E-state index contributed by atoms with van der Waals surface area (Å²) in [6, 6.07) is 9.77. The maximum absolute atomic E-state index is 12.6. The van der Waals surface area contributed by atoms with Gasteiger partial charge in [-0.15, -0.1) is 11.8 Å². The third kappa shape index (κ3) is 2.65. The van der Waals surface area contributed by atoms with Crippen LogP contribution in [0.4, 0.5) is 0 Å². The smallest absolute Gasteiger partial charge is 0.176 e. The van der Waals surface area contributed by atoms with Crippen LogP contribution < -0.4 is 0 Å². The summed E-state index contributed by atoms with van der Waals surface area (Å²) in [6.07, 6.45) is 1.77. The molecule has 1 aromatic heterocycles. The van der Waals surface area contributed by atoms with E-state index in [1.165, 1.54) is 0 Å². The monoisotopic (exact) mass is 289 g/mol. The van der Waals surface area contributed by atoms with Crippen molar-refractivity contribution >= 4 is 40.2 Å². The van der Waals surface area contributed by atoms with Crippen LogP contribution in [0.2, 0.25) is 0 Å². The van der Waals surface area contributed by atoms with Crippen LogP contribution in [0.15, 0.2) is 36.5 Å². The Hall–Kier alpha value is -1.00. The molecule has 0 N–H and O–H groups in total. The molecular formula is C15H15NOS2. The lowest BCUT2D eigenvalue weighted by molar-refractivity contribution is 0.0989. The van der Waals surface area contributed by atoms with Crippen LogP contribution in [-0.2, 0) is 0 Å². The van der Waals surface area contributed by atoms with Crippen LogP contribution in [0.5, 0.6) is 0 Å². The first-order chi connectivity index (χ1) is 9.25. The van der Waals surface area contributed by atoms with Gasteiger partial charge in [0.15, 0.2) is 5.78 Å². The molecule has 3 rings (SSSR count). The van der Waals surface area contributed by atoms with Crippen LogP contribution in [-0.4, -0.2) is 32.8 Å². The number of carbonyl (C=O) groups excluding carboxylic acids is 1. The highest BCUT2D eigenvalue weighted by molar-refractivity contribution is 8.07. The number of pyridine rings is 1. The minimum atomic E-state index is 0.0833. The highest BCUT2D eigenvalue weighted by Gasteiger charge is 2.29. The fourth-order valence-electron chi connectivity index (χ4n) is 2.30. The molecule has 2 heterocycles. The third-order valence-electron chi connectivity index (χ3n) is 3.34. The van der Waals surface area contributed by atoms with Gasteiger partial charge in [0.2, 0.25) is 0 Å². The second-order valence-electron chi connectivity index (χ2n) is 4.64. The van der Waals surface area contributed by atoms with Crippen molar-refractivity contribution in [3.63, 3.8) is 0 Å². The van der Waals surface area contributed by atoms with E-state index in [0.717, 1.165) is 28.0 Å². The summed E-state index contributed by atoms with van der Waals surface area (Å²) in [5, 5.41) is 1.56. The van der Waals surface area contributed by atoms with Crippen molar-refractivity contribution < 1.29 is 4.79 Å². The Labute approximate surface area is 121 Å². The molecule has 0 bridgehead atoms. The molecule has 0 aliphatic carbocycles. The van der Waals surface area contributed by atoms with Crippen molar-refractivity contribution in [1.82, 2.24) is 4.98 Å². The number of thioether (sulfide) groups is 2. The molecule has 98 valence electrons. The third-order valence-corrected chi connectivity index (χ3v) is 6.43. The van der Waals surface area contributed by atoms with Gasteiger partial charge < -0.3 is 0 Å². The Balaban J connectivity index is 1.92. The maximum Gasteiger partial charge on any atom is 0.176 e. The molecule has 0 spiro atoms. The largest absolute Gasteiger partial charge is 0.293 e. The van der Waals surface area contributed by atoms with Gasteiger partial charge in [-0.05, 0) is 12.1 Å². The summed E-state index contributed by atoms with van der Waals surface area (Å²) in [7, 11) is 0. The van der Waals surface area contributed by atoms with E-state index in [4.69, 9.17) is 0 Å². The van der Waals surface area contributed by atoms with Crippen LogP contribution in [0, 0.1) is 0 Å². The standard InChI is InChI=1S/C15H15NOS2/c1-10-15(19-8-7-18-10)14(17)12-5-4-11-3-2-6-16-13(11)9-12/h2-6,9-10,15H,7-8H2,1H3. The van der Waals surface area contributed by atoms with Gasteiger partial charge in [-0.1, -0.05) is 25.1 Å². The van der Waals surface area contributed by atoms with Crippen LogP contribution in [0.1, 0.15) is 17.3 Å². The maximum atomic E-state index is 12.6. The first kappa shape index (κ1) is 13.0. The Morgan fingerprint density at radius 1 is 1.26 bits per heavy atom. The lowest BCUT2D eigenvalue weighted by Gasteiger charge is -2.26. The molecule has 19 heavy (non-hydrogen) atoms. The molecule has 0 saturated carbocycles. The molecule has 1 fully saturated rings. The van der Waals surface area contributed by atoms with Crippen LogP contribution >= 0.6 is 23.5 Å². The first-order valence-electron chi connectivity index (χ1n) is 6.38. The average molecular weight is 289 g/mol. The van der Waals surface area contributed by atoms with E-state index in [1.54, 1.807) is 18.0 Å². The number of carbonyl (C=O) groups is 1. The quantitative estimate of drug-likeness (QED) is 0.789. The zero-order chi connectivity index (χ0) is 13.2. The number of benzene rings is 1. The molecule has 2 unspecified atom stereocenters. The second kappa shape index (κ2) is 5.55. The summed E-state index contributed by atoms with van der Waals surface area (Å²) in [4.78, 5) is 16.9. The van der Waals surface area contributed by atoms with E-state index in [2.05, 4.69) is 11.9 Å². The lowest BCUT2D eigenvalue weighted by atomic mass is 10.0. The minimum absolute atomic E-state index is 0.0833. The summed E-state index contributed by atoms with van der Waals surface area (Å²) in [5.41, 5.74) is 1.69. The predicted octanol–water partition coefficient (Wildman–Crippen LogP) is 3.65. The molecule has 2 nitrogen and oxygen atoms in total. The highest BCUT2D eigenvalue weighted by atomic mass is 32.2. The fourth-order valence-corrected chi connectivity index (χ4v) is 5.03. The van der Waals surface area contributed by atoms with Gasteiger partial charge in [0.05, 0.1) is 10.8 Å². The molecule has 0 amide bonds. The van der Waals surface area contributed by atoms with Gasteiger partial charge in [0.1, 0.15) is 0 Å². The SMILES string of the molecule is CC1SCCSC1C(=O)c1ccc2cccnc2c1. The fraction of sp³-hybridized carbons (Fsp3) is 0.333.